The number of nitrogens with one attached hydrogen (secondary N) is 2. The molecule has 1 unspecified atom stereocenters. The van der Waals surface area contributed by atoms with Gasteiger partial charge < -0.3 is 15.4 Å². The highest BCUT2D eigenvalue weighted by Gasteiger charge is 2.16. The topological polar surface area (TPSA) is 50.4 Å². The second-order valence-corrected chi connectivity index (χ2v) is 6.60. The molecule has 0 spiro atoms. The van der Waals surface area contributed by atoms with Crippen LogP contribution in [0.5, 0.6) is 5.75 Å². The number of halogens is 1. The maximum atomic E-state index is 11.8. The van der Waals surface area contributed by atoms with Crippen LogP contribution in [0.4, 0.5) is 0 Å². The molecule has 0 aliphatic carbocycles. The molecule has 22 heavy (non-hydrogen) atoms. The molecule has 1 aliphatic rings. The van der Waals surface area contributed by atoms with Crippen molar-refractivity contribution in [2.75, 3.05) is 31.2 Å². The second kappa shape index (κ2) is 9.98. The smallest absolute Gasteiger partial charge is 0.221 e. The lowest BCUT2D eigenvalue weighted by molar-refractivity contribution is -0.121. The van der Waals surface area contributed by atoms with Crippen molar-refractivity contribution >= 4 is 30.1 Å². The Morgan fingerprint density at radius 3 is 2.73 bits per heavy atom. The van der Waals surface area contributed by atoms with Gasteiger partial charge in [0.05, 0.1) is 6.54 Å². The van der Waals surface area contributed by atoms with Crippen molar-refractivity contribution < 1.29 is 9.53 Å². The summed E-state index contributed by atoms with van der Waals surface area (Å²) in [5.41, 5.74) is 2.38. The third-order valence-electron chi connectivity index (χ3n) is 3.32. The minimum absolute atomic E-state index is 0. The van der Waals surface area contributed by atoms with E-state index in [1.165, 1.54) is 11.1 Å². The Labute approximate surface area is 143 Å². The van der Waals surface area contributed by atoms with Crippen LogP contribution in [-0.2, 0) is 4.79 Å². The number of rotatable bonds is 6. The van der Waals surface area contributed by atoms with Crippen LogP contribution < -0.4 is 15.4 Å². The Morgan fingerprint density at radius 1 is 1.36 bits per heavy atom. The highest BCUT2D eigenvalue weighted by molar-refractivity contribution is 7.99. The molecule has 124 valence electrons. The quantitative estimate of drug-likeness (QED) is 0.778. The molecule has 0 radical (unpaired) electrons. The van der Waals surface area contributed by atoms with Crippen molar-refractivity contribution in [1.82, 2.24) is 10.6 Å². The zero-order chi connectivity index (χ0) is 15.1. The summed E-state index contributed by atoms with van der Waals surface area (Å²) < 4.78 is 5.67. The number of hydrogen-bond donors (Lipinski definition) is 2. The minimum Gasteiger partial charge on any atom is -0.492 e. The SMILES string of the molecule is Cc1cc(C)cc(OCCNC(=O)CC2CSCCN2)c1.Cl. The van der Waals surface area contributed by atoms with Gasteiger partial charge in [-0.1, -0.05) is 6.07 Å². The number of carbonyl (C=O) groups is 1. The highest BCUT2D eigenvalue weighted by Crippen LogP contribution is 2.15. The van der Waals surface area contributed by atoms with Crippen LogP contribution in [0.25, 0.3) is 0 Å². The lowest BCUT2D eigenvalue weighted by Crippen LogP contribution is -2.41. The first-order valence-corrected chi connectivity index (χ1v) is 8.58. The van der Waals surface area contributed by atoms with E-state index in [9.17, 15) is 4.79 Å². The molecule has 1 aromatic rings. The summed E-state index contributed by atoms with van der Waals surface area (Å²) in [4.78, 5) is 11.8. The van der Waals surface area contributed by atoms with Gasteiger partial charge in [0.2, 0.25) is 5.91 Å². The molecule has 0 saturated carbocycles. The molecule has 2 N–H and O–H groups in total. The predicted molar refractivity (Wildman–Crippen MR) is 95.4 cm³/mol. The van der Waals surface area contributed by atoms with Crippen LogP contribution in [0, 0.1) is 13.8 Å². The molecule has 1 aromatic carbocycles. The summed E-state index contributed by atoms with van der Waals surface area (Å²) in [6.07, 6.45) is 0.552. The van der Waals surface area contributed by atoms with Crippen LogP contribution in [0.15, 0.2) is 18.2 Å². The Hall–Kier alpha value is -0.910. The maximum absolute atomic E-state index is 11.8. The van der Waals surface area contributed by atoms with Gasteiger partial charge in [-0.2, -0.15) is 11.8 Å². The summed E-state index contributed by atoms with van der Waals surface area (Å²) in [7, 11) is 0. The van der Waals surface area contributed by atoms with Gasteiger partial charge in [0.25, 0.3) is 0 Å². The van der Waals surface area contributed by atoms with E-state index in [1.54, 1.807) is 0 Å². The Morgan fingerprint density at radius 2 is 2.09 bits per heavy atom. The van der Waals surface area contributed by atoms with E-state index in [1.807, 2.05) is 23.9 Å². The van der Waals surface area contributed by atoms with Crippen LogP contribution in [-0.4, -0.2) is 43.2 Å². The molecule has 1 fully saturated rings. The average molecular weight is 345 g/mol. The van der Waals surface area contributed by atoms with Gasteiger partial charge in [-0.3, -0.25) is 4.79 Å². The lowest BCUT2D eigenvalue weighted by Gasteiger charge is -2.22. The van der Waals surface area contributed by atoms with Crippen molar-refractivity contribution in [1.29, 1.82) is 0 Å². The van der Waals surface area contributed by atoms with Gasteiger partial charge in [-0.15, -0.1) is 12.4 Å². The van der Waals surface area contributed by atoms with E-state index in [-0.39, 0.29) is 18.3 Å². The minimum atomic E-state index is 0. The van der Waals surface area contributed by atoms with Crippen LogP contribution >= 0.6 is 24.2 Å². The molecule has 1 aliphatic heterocycles. The van der Waals surface area contributed by atoms with Gasteiger partial charge in [0.1, 0.15) is 12.4 Å². The average Bonchev–Trinajstić information content (AvgIpc) is 2.44. The molecule has 1 heterocycles. The van der Waals surface area contributed by atoms with E-state index >= 15 is 0 Å². The standard InChI is InChI=1S/C16H24N2O2S.ClH/c1-12-7-13(2)9-15(8-12)20-5-3-18-16(19)10-14-11-21-6-4-17-14;/h7-9,14,17H,3-6,10-11H2,1-2H3,(H,18,19);1H. The monoisotopic (exact) mass is 344 g/mol. The summed E-state index contributed by atoms with van der Waals surface area (Å²) in [5.74, 6) is 3.13. The van der Waals surface area contributed by atoms with Crippen molar-refractivity contribution in [3.63, 3.8) is 0 Å². The summed E-state index contributed by atoms with van der Waals surface area (Å²) in [6.45, 7) is 6.15. The summed E-state index contributed by atoms with van der Waals surface area (Å²) >= 11 is 1.91. The van der Waals surface area contributed by atoms with Gasteiger partial charge in [0, 0.05) is 30.5 Å². The number of carbonyl (C=O) groups excluding carboxylic acids is 1. The number of ether oxygens (including phenoxy) is 1. The molecule has 2 rings (SSSR count). The molecule has 0 aromatic heterocycles. The van der Waals surface area contributed by atoms with Gasteiger partial charge in [-0.05, 0) is 37.1 Å². The third-order valence-corrected chi connectivity index (χ3v) is 4.45. The molecular weight excluding hydrogens is 320 g/mol. The number of aryl methyl sites for hydroxylation is 2. The van der Waals surface area contributed by atoms with Crippen LogP contribution in [0.2, 0.25) is 0 Å². The second-order valence-electron chi connectivity index (χ2n) is 5.45. The molecule has 1 atom stereocenters. The van der Waals surface area contributed by atoms with E-state index in [0.29, 0.717) is 25.6 Å². The first-order valence-electron chi connectivity index (χ1n) is 7.42. The predicted octanol–water partition coefficient (Wildman–Crippen LogP) is 2.32. The zero-order valence-corrected chi connectivity index (χ0v) is 14.8. The number of amides is 1. The van der Waals surface area contributed by atoms with E-state index in [0.717, 1.165) is 23.8 Å². The Balaban J connectivity index is 0.00000242. The zero-order valence-electron chi connectivity index (χ0n) is 13.2. The van der Waals surface area contributed by atoms with Gasteiger partial charge >= 0.3 is 0 Å². The van der Waals surface area contributed by atoms with Crippen molar-refractivity contribution in [3.8, 4) is 5.75 Å². The fourth-order valence-corrected chi connectivity index (χ4v) is 3.37. The lowest BCUT2D eigenvalue weighted by atomic mass is 10.1. The van der Waals surface area contributed by atoms with Crippen molar-refractivity contribution in [3.05, 3.63) is 29.3 Å². The molecule has 6 heteroatoms. The normalized spacial score (nSPS) is 17.5. The first kappa shape index (κ1) is 19.1. The molecular formula is C16H25ClN2O2S. The fraction of sp³-hybridized carbons (Fsp3) is 0.562. The molecule has 1 amide bonds. The maximum Gasteiger partial charge on any atom is 0.221 e. The molecule has 0 bridgehead atoms. The summed E-state index contributed by atoms with van der Waals surface area (Å²) in [5, 5.41) is 6.28. The largest absolute Gasteiger partial charge is 0.492 e. The molecule has 4 nitrogen and oxygen atoms in total. The number of benzene rings is 1. The van der Waals surface area contributed by atoms with Crippen LogP contribution in [0.3, 0.4) is 0 Å². The number of hydrogen-bond acceptors (Lipinski definition) is 4. The fourth-order valence-electron chi connectivity index (χ4n) is 2.42. The van der Waals surface area contributed by atoms with E-state index in [2.05, 4.69) is 30.5 Å². The Kier molecular flexibility index (Phi) is 8.68. The Bertz CT molecular complexity index is 459. The highest BCUT2D eigenvalue weighted by atomic mass is 35.5. The van der Waals surface area contributed by atoms with Gasteiger partial charge in [0.15, 0.2) is 0 Å². The summed E-state index contributed by atoms with van der Waals surface area (Å²) in [6, 6.07) is 6.45. The van der Waals surface area contributed by atoms with Crippen molar-refractivity contribution in [2.24, 2.45) is 0 Å². The first-order chi connectivity index (χ1) is 10.1. The van der Waals surface area contributed by atoms with E-state index in [4.69, 9.17) is 4.74 Å². The van der Waals surface area contributed by atoms with Crippen LogP contribution in [0.1, 0.15) is 17.5 Å². The third kappa shape index (κ3) is 6.90. The van der Waals surface area contributed by atoms with E-state index < -0.39 is 0 Å². The number of thioether (sulfide) groups is 1. The van der Waals surface area contributed by atoms with Gasteiger partial charge in [-0.25, -0.2) is 0 Å². The van der Waals surface area contributed by atoms with Crippen molar-refractivity contribution in [2.45, 2.75) is 26.3 Å². The molecule has 1 saturated heterocycles.